The molecule has 6 atom stereocenters. The van der Waals surface area contributed by atoms with E-state index in [4.69, 9.17) is 19.9 Å². The molecule has 14 heteroatoms. The van der Waals surface area contributed by atoms with Gasteiger partial charge in [0.25, 0.3) is 0 Å². The van der Waals surface area contributed by atoms with Gasteiger partial charge >= 0.3 is 6.03 Å². The molecule has 2 aromatic carbocycles. The Morgan fingerprint density at radius 2 is 1.83 bits per heavy atom. The Morgan fingerprint density at radius 1 is 1.14 bits per heavy atom. The molecule has 1 aliphatic heterocycles. The summed E-state index contributed by atoms with van der Waals surface area (Å²) >= 11 is 0. The van der Waals surface area contributed by atoms with Crippen molar-refractivity contribution in [3.63, 3.8) is 0 Å². The van der Waals surface area contributed by atoms with Crippen LogP contribution in [0, 0.1) is 0 Å². The number of phenolic OH excluding ortho intramolecular Hbond substituents is 2. The number of carbonyl (C=O) groups excluding carboxylic acids is 4. The van der Waals surface area contributed by atoms with Crippen molar-refractivity contribution in [1.82, 2.24) is 5.32 Å². The molecule has 3 aliphatic rings. The highest BCUT2D eigenvalue weighted by molar-refractivity contribution is 6.31. The summed E-state index contributed by atoms with van der Waals surface area (Å²) in [6, 6.07) is 2.48. The number of methoxy groups -OCH3 is 1. The quantitative estimate of drug-likeness (QED) is 0.185. The molecule has 1 heterocycles. The molecule has 4 unspecified atom stereocenters. The van der Waals surface area contributed by atoms with Crippen molar-refractivity contribution >= 4 is 23.4 Å². The van der Waals surface area contributed by atoms with E-state index in [1.54, 1.807) is 0 Å². The van der Waals surface area contributed by atoms with Crippen LogP contribution < -0.4 is 15.8 Å². The fourth-order valence-corrected chi connectivity index (χ4v) is 6.04. The molecule has 42 heavy (non-hydrogen) atoms. The Kier molecular flexibility index (Phi) is 7.45. The number of aliphatic hydroxyl groups excluding tert-OH is 2. The molecule has 2 aromatic rings. The maximum Gasteiger partial charge on any atom is 0.312 e. The van der Waals surface area contributed by atoms with Gasteiger partial charge in [-0.25, -0.2) is 4.79 Å². The minimum Gasteiger partial charge on any atom is -0.507 e. The number of primary amides is 1. The summed E-state index contributed by atoms with van der Waals surface area (Å²) in [6.07, 6.45) is -5.99. The van der Waals surface area contributed by atoms with Gasteiger partial charge in [-0.05, 0) is 13.0 Å². The van der Waals surface area contributed by atoms with E-state index in [1.807, 2.05) is 0 Å². The predicted octanol–water partition coefficient (Wildman–Crippen LogP) is -0.289. The maximum atomic E-state index is 13.7. The van der Waals surface area contributed by atoms with Crippen LogP contribution in [0.4, 0.5) is 4.79 Å². The third-order valence-electron chi connectivity index (χ3n) is 8.09. The Morgan fingerprint density at radius 3 is 2.48 bits per heavy atom. The van der Waals surface area contributed by atoms with Crippen molar-refractivity contribution in [3.8, 4) is 17.2 Å². The molecule has 5 rings (SSSR count). The first-order valence-corrected chi connectivity index (χ1v) is 13.1. The average molecular weight is 587 g/mol. The average Bonchev–Trinajstić information content (AvgIpc) is 2.94. The second kappa shape index (κ2) is 10.6. The summed E-state index contributed by atoms with van der Waals surface area (Å²) in [7, 11) is 1.30. The van der Waals surface area contributed by atoms with E-state index < -0.39 is 102 Å². The number of hydrogen-bond acceptors (Lipinski definition) is 12. The molecule has 2 aliphatic carbocycles. The van der Waals surface area contributed by atoms with Crippen LogP contribution in [0.2, 0.25) is 0 Å². The number of ketones is 3. The number of phenols is 2. The Labute approximate surface area is 238 Å². The molecule has 0 saturated carbocycles. The van der Waals surface area contributed by atoms with Gasteiger partial charge in [0.1, 0.15) is 35.6 Å². The van der Waals surface area contributed by atoms with Gasteiger partial charge in [-0.15, -0.1) is 0 Å². The molecule has 0 aromatic heterocycles. The fourth-order valence-electron chi connectivity index (χ4n) is 6.04. The molecule has 2 amide bonds. The van der Waals surface area contributed by atoms with Crippen LogP contribution in [0.5, 0.6) is 17.2 Å². The van der Waals surface area contributed by atoms with E-state index in [1.165, 1.54) is 32.2 Å². The van der Waals surface area contributed by atoms with Crippen LogP contribution in [0.1, 0.15) is 68.8 Å². The van der Waals surface area contributed by atoms with Crippen LogP contribution in [0.3, 0.4) is 0 Å². The monoisotopic (exact) mass is 586 g/mol. The molecule has 0 bridgehead atoms. The summed E-state index contributed by atoms with van der Waals surface area (Å²) in [5.74, 6) is -4.02. The first kappa shape index (κ1) is 29.4. The van der Waals surface area contributed by atoms with Crippen molar-refractivity contribution in [1.29, 1.82) is 0 Å². The zero-order valence-electron chi connectivity index (χ0n) is 22.6. The summed E-state index contributed by atoms with van der Waals surface area (Å²) in [5.41, 5.74) is 1.26. The number of amides is 2. The second-order valence-corrected chi connectivity index (χ2v) is 10.6. The topological polar surface area (TPSA) is 235 Å². The number of hydrogen-bond donors (Lipinski definition) is 7. The molecule has 0 radical (unpaired) electrons. The molecule has 0 spiro atoms. The number of nitrogens with one attached hydrogen (secondary N) is 1. The van der Waals surface area contributed by atoms with E-state index in [-0.39, 0.29) is 34.4 Å². The number of ether oxygens (including phenoxy) is 3. The zero-order valence-corrected chi connectivity index (χ0v) is 22.6. The lowest BCUT2D eigenvalue weighted by Crippen LogP contribution is -2.56. The summed E-state index contributed by atoms with van der Waals surface area (Å²) in [4.78, 5) is 51.4. The Hall–Kier alpha value is -4.08. The number of urea groups is 1. The van der Waals surface area contributed by atoms with Gasteiger partial charge in [-0.2, -0.15) is 0 Å². The number of aliphatic hydroxyl groups is 3. The van der Waals surface area contributed by atoms with Gasteiger partial charge in [0.2, 0.25) is 5.78 Å². The second-order valence-electron chi connectivity index (χ2n) is 10.6. The van der Waals surface area contributed by atoms with E-state index >= 15 is 0 Å². The van der Waals surface area contributed by atoms with Crippen LogP contribution >= 0.6 is 0 Å². The largest absolute Gasteiger partial charge is 0.507 e. The van der Waals surface area contributed by atoms with Gasteiger partial charge in [0, 0.05) is 36.0 Å². The SMILES string of the molecule is COc1cccc2c1C(=O)c1c(O)c3c(c(O)c1C2=O)C[C@](O)(C(=O)CO)C[C@H]3OC1CC(NC(N)=O)C(O)C(C)O1. The summed E-state index contributed by atoms with van der Waals surface area (Å²) in [6.45, 7) is 0.444. The number of Topliss-reactive ketones (excluding diaryl/α,β-unsaturated/α-hetero) is 1. The fraction of sp³-hybridized carbons (Fsp3) is 0.429. The van der Waals surface area contributed by atoms with E-state index in [2.05, 4.69) is 5.32 Å². The lowest BCUT2D eigenvalue weighted by atomic mass is 9.72. The lowest BCUT2D eigenvalue weighted by Gasteiger charge is -2.42. The molecule has 14 nitrogen and oxygen atoms in total. The normalized spacial score (nSPS) is 28.4. The highest BCUT2D eigenvalue weighted by atomic mass is 16.7. The molecule has 1 saturated heterocycles. The molecule has 224 valence electrons. The van der Waals surface area contributed by atoms with Crippen LogP contribution in [-0.4, -0.2) is 92.8 Å². The number of fused-ring (bicyclic) bond motifs is 3. The number of rotatable bonds is 6. The minimum absolute atomic E-state index is 0.0694. The van der Waals surface area contributed by atoms with Crippen molar-refractivity contribution in [2.75, 3.05) is 13.7 Å². The lowest BCUT2D eigenvalue weighted by molar-refractivity contribution is -0.248. The van der Waals surface area contributed by atoms with Crippen LogP contribution in [-0.2, 0) is 20.7 Å². The van der Waals surface area contributed by atoms with Crippen LogP contribution in [0.25, 0.3) is 0 Å². The van der Waals surface area contributed by atoms with Gasteiger partial charge in [0.15, 0.2) is 17.9 Å². The molecular formula is C28H30N2O12. The van der Waals surface area contributed by atoms with Gasteiger partial charge in [-0.3, -0.25) is 14.4 Å². The van der Waals surface area contributed by atoms with Gasteiger partial charge in [0.05, 0.1) is 42.0 Å². The number of nitrogens with two attached hydrogens (primary N) is 1. The van der Waals surface area contributed by atoms with Crippen molar-refractivity contribution < 1.29 is 58.9 Å². The highest BCUT2D eigenvalue weighted by Crippen LogP contribution is 2.52. The van der Waals surface area contributed by atoms with Crippen molar-refractivity contribution in [2.45, 2.75) is 62.4 Å². The van der Waals surface area contributed by atoms with E-state index in [0.29, 0.717) is 0 Å². The predicted molar refractivity (Wildman–Crippen MR) is 140 cm³/mol. The molecular weight excluding hydrogens is 556 g/mol. The molecule has 8 N–H and O–H groups in total. The highest BCUT2D eigenvalue weighted by Gasteiger charge is 2.50. The van der Waals surface area contributed by atoms with E-state index in [9.17, 15) is 44.7 Å². The standard InChI is InChI=1S/C28H30N2O12/c1-10-22(33)13(30-27(29)38)6-17(41-10)42-15-8-28(39,16(32)9-31)7-12-19(15)26(37)21-20(24(12)35)23(34)11-4-3-5-14(40-2)18(11)25(21)36/h3-5,10,13,15,17,22,31,33,35,37,39H,6-9H2,1-2H3,(H3,29,30,38)/t10?,13?,15-,17?,22?,28-/m1/s1. The molecule has 1 fully saturated rings. The Bertz CT molecular complexity index is 1510. The number of carbonyl (C=O) groups is 4. The van der Waals surface area contributed by atoms with Crippen LogP contribution in [0.15, 0.2) is 18.2 Å². The van der Waals surface area contributed by atoms with Gasteiger partial charge < -0.3 is 50.8 Å². The maximum absolute atomic E-state index is 13.7. The summed E-state index contributed by atoms with van der Waals surface area (Å²) in [5, 5.41) is 56.6. The zero-order chi connectivity index (χ0) is 30.7. The van der Waals surface area contributed by atoms with Gasteiger partial charge in [-0.1, -0.05) is 12.1 Å². The van der Waals surface area contributed by atoms with E-state index in [0.717, 1.165) is 0 Å². The Balaban J connectivity index is 1.65. The number of aromatic hydroxyl groups is 2. The number of benzene rings is 2. The minimum atomic E-state index is -2.31. The third kappa shape index (κ3) is 4.57. The first-order valence-electron chi connectivity index (χ1n) is 13.1. The smallest absolute Gasteiger partial charge is 0.312 e. The van der Waals surface area contributed by atoms with Crippen molar-refractivity contribution in [3.05, 3.63) is 51.6 Å². The van der Waals surface area contributed by atoms with Crippen molar-refractivity contribution in [2.24, 2.45) is 5.73 Å². The third-order valence-corrected chi connectivity index (χ3v) is 8.09. The first-order chi connectivity index (χ1) is 19.8. The summed E-state index contributed by atoms with van der Waals surface area (Å²) < 4.78 is 17.1.